The van der Waals surface area contributed by atoms with Gasteiger partial charge >= 0.3 is 11.9 Å². The van der Waals surface area contributed by atoms with Crippen molar-refractivity contribution < 1.29 is 28.9 Å². The molecule has 2 aromatic carbocycles. The third-order valence-electron chi connectivity index (χ3n) is 5.36. The molecular weight excluding hydrogens is 493 g/mol. The van der Waals surface area contributed by atoms with Gasteiger partial charge in [-0.3, -0.25) is 0 Å². The lowest BCUT2D eigenvalue weighted by Crippen LogP contribution is -2.38. The van der Waals surface area contributed by atoms with Crippen molar-refractivity contribution in [3.05, 3.63) is 98.3 Å². The van der Waals surface area contributed by atoms with E-state index in [1.165, 1.54) is 14.2 Å². The molecule has 0 fully saturated rings. The van der Waals surface area contributed by atoms with Crippen molar-refractivity contribution >= 4 is 41.2 Å². The smallest absolute Gasteiger partial charge is 0.337 e. The maximum Gasteiger partial charge on any atom is 0.337 e. The Balaban J connectivity index is 2.02. The quantitative estimate of drug-likeness (QED) is 0.350. The predicted octanol–water partition coefficient (Wildman–Crippen LogP) is 5.17. The SMILES string of the molecule is COC(OC)C1=C(C(=O)OC/C=C/c2cccc(Cl)c2)C(c2cccc(Cl)c2)C(C(=O)O)=C(C)N1. The van der Waals surface area contributed by atoms with Gasteiger partial charge in [-0.1, -0.05) is 53.5 Å². The highest BCUT2D eigenvalue weighted by Crippen LogP contribution is 2.40. The molecule has 0 saturated carbocycles. The summed E-state index contributed by atoms with van der Waals surface area (Å²) >= 11 is 12.2. The molecule has 2 N–H and O–H groups in total. The molecule has 1 atom stereocenters. The first-order valence-corrected chi connectivity index (χ1v) is 11.4. The Morgan fingerprint density at radius 3 is 2.31 bits per heavy atom. The van der Waals surface area contributed by atoms with Gasteiger partial charge in [0, 0.05) is 30.0 Å². The molecule has 1 heterocycles. The van der Waals surface area contributed by atoms with E-state index in [9.17, 15) is 14.7 Å². The minimum Gasteiger partial charge on any atom is -0.478 e. The topological polar surface area (TPSA) is 94.1 Å². The Morgan fingerprint density at radius 1 is 1.06 bits per heavy atom. The zero-order valence-corrected chi connectivity index (χ0v) is 20.9. The molecule has 0 amide bonds. The first-order chi connectivity index (χ1) is 16.8. The highest BCUT2D eigenvalue weighted by atomic mass is 35.5. The third kappa shape index (κ3) is 6.32. The minimum atomic E-state index is -1.18. The molecule has 9 heteroatoms. The summed E-state index contributed by atoms with van der Waals surface area (Å²) in [5, 5.41) is 14.0. The van der Waals surface area contributed by atoms with Crippen LogP contribution in [-0.4, -0.2) is 44.2 Å². The van der Waals surface area contributed by atoms with Crippen molar-refractivity contribution in [1.82, 2.24) is 5.32 Å². The number of allylic oxidation sites excluding steroid dienone is 1. The summed E-state index contributed by atoms with van der Waals surface area (Å²) in [4.78, 5) is 25.7. The number of dihydropyridines is 1. The van der Waals surface area contributed by atoms with Gasteiger partial charge in [0.05, 0.1) is 22.8 Å². The lowest BCUT2D eigenvalue weighted by Gasteiger charge is -2.33. The van der Waals surface area contributed by atoms with E-state index in [1.54, 1.807) is 55.5 Å². The lowest BCUT2D eigenvalue weighted by atomic mass is 9.80. The number of aliphatic carboxylic acids is 1. The molecule has 0 aromatic heterocycles. The maximum atomic E-state index is 13.4. The number of halogens is 2. The fourth-order valence-electron chi connectivity index (χ4n) is 3.90. The molecule has 0 aliphatic carbocycles. The number of carboxylic acids is 1. The number of hydrogen-bond acceptors (Lipinski definition) is 6. The first-order valence-electron chi connectivity index (χ1n) is 10.6. The van der Waals surface area contributed by atoms with Crippen molar-refractivity contribution in [2.24, 2.45) is 0 Å². The summed E-state index contributed by atoms with van der Waals surface area (Å²) in [5.74, 6) is -2.88. The largest absolute Gasteiger partial charge is 0.478 e. The Morgan fingerprint density at radius 2 is 1.71 bits per heavy atom. The Bertz CT molecular complexity index is 1200. The average molecular weight is 518 g/mol. The second-order valence-corrected chi connectivity index (χ2v) is 8.52. The first kappa shape index (κ1) is 26.5. The number of carbonyl (C=O) groups excluding carboxylic acids is 1. The molecule has 184 valence electrons. The zero-order chi connectivity index (χ0) is 25.5. The molecule has 2 aromatic rings. The van der Waals surface area contributed by atoms with E-state index in [-0.39, 0.29) is 23.5 Å². The molecule has 0 bridgehead atoms. The third-order valence-corrected chi connectivity index (χ3v) is 5.83. The molecule has 3 rings (SSSR count). The van der Waals surface area contributed by atoms with Crippen LogP contribution in [0, 0.1) is 0 Å². The van der Waals surface area contributed by atoms with Gasteiger partial charge in [0.1, 0.15) is 6.61 Å². The normalized spacial score (nSPS) is 16.1. The van der Waals surface area contributed by atoms with Crippen LogP contribution in [0.3, 0.4) is 0 Å². The van der Waals surface area contributed by atoms with Gasteiger partial charge in [0.2, 0.25) is 0 Å². The number of carbonyl (C=O) groups is 2. The number of benzene rings is 2. The number of carboxylic acid groups (broad SMARTS) is 1. The van der Waals surface area contributed by atoms with E-state index in [1.807, 2.05) is 12.1 Å². The van der Waals surface area contributed by atoms with E-state index in [0.29, 0.717) is 21.3 Å². The number of esters is 1. The number of hydrogen-bond donors (Lipinski definition) is 2. The van der Waals surface area contributed by atoms with Crippen LogP contribution < -0.4 is 5.32 Å². The summed E-state index contributed by atoms with van der Waals surface area (Å²) in [5.41, 5.74) is 2.00. The monoisotopic (exact) mass is 517 g/mol. The molecule has 7 nitrogen and oxygen atoms in total. The summed E-state index contributed by atoms with van der Waals surface area (Å²) in [6, 6.07) is 13.9. The summed E-state index contributed by atoms with van der Waals surface area (Å²) in [6.45, 7) is 1.55. The van der Waals surface area contributed by atoms with Gasteiger partial charge < -0.3 is 24.6 Å². The van der Waals surface area contributed by atoms with Gasteiger partial charge in [0.15, 0.2) is 6.29 Å². The zero-order valence-electron chi connectivity index (χ0n) is 19.4. The maximum absolute atomic E-state index is 13.4. The van der Waals surface area contributed by atoms with Crippen molar-refractivity contribution in [3.63, 3.8) is 0 Å². The lowest BCUT2D eigenvalue weighted by molar-refractivity contribution is -0.139. The van der Waals surface area contributed by atoms with Crippen LogP contribution in [0.5, 0.6) is 0 Å². The van der Waals surface area contributed by atoms with Crippen LogP contribution in [0.25, 0.3) is 6.08 Å². The predicted molar refractivity (Wildman–Crippen MR) is 134 cm³/mol. The summed E-state index contributed by atoms with van der Waals surface area (Å²) in [7, 11) is 2.83. The van der Waals surface area contributed by atoms with Gasteiger partial charge in [-0.25, -0.2) is 9.59 Å². The van der Waals surface area contributed by atoms with E-state index in [4.69, 9.17) is 37.4 Å². The highest BCUT2D eigenvalue weighted by Gasteiger charge is 2.40. The summed E-state index contributed by atoms with van der Waals surface area (Å²) in [6.07, 6.45) is 2.46. The number of rotatable bonds is 9. The van der Waals surface area contributed by atoms with Gasteiger partial charge in [-0.15, -0.1) is 0 Å². The van der Waals surface area contributed by atoms with Crippen molar-refractivity contribution in [2.45, 2.75) is 19.1 Å². The molecule has 0 spiro atoms. The van der Waals surface area contributed by atoms with Crippen LogP contribution >= 0.6 is 23.2 Å². The van der Waals surface area contributed by atoms with E-state index < -0.39 is 24.1 Å². The van der Waals surface area contributed by atoms with Gasteiger partial charge in [-0.05, 0) is 48.4 Å². The molecule has 1 aliphatic heterocycles. The van der Waals surface area contributed by atoms with Crippen LogP contribution in [-0.2, 0) is 23.8 Å². The number of ether oxygens (including phenoxy) is 3. The molecule has 0 radical (unpaired) electrons. The Kier molecular flexibility index (Phi) is 9.12. The van der Waals surface area contributed by atoms with Crippen molar-refractivity contribution in [3.8, 4) is 0 Å². The number of methoxy groups -OCH3 is 2. The molecule has 1 unspecified atom stereocenters. The Labute approximate surface area is 213 Å². The van der Waals surface area contributed by atoms with Gasteiger partial charge in [0.25, 0.3) is 0 Å². The van der Waals surface area contributed by atoms with Crippen LogP contribution in [0.2, 0.25) is 10.0 Å². The fourth-order valence-corrected chi connectivity index (χ4v) is 4.30. The van der Waals surface area contributed by atoms with Crippen molar-refractivity contribution in [1.29, 1.82) is 0 Å². The number of nitrogens with one attached hydrogen (secondary N) is 1. The average Bonchev–Trinajstić information content (AvgIpc) is 2.82. The highest BCUT2D eigenvalue weighted by molar-refractivity contribution is 6.31. The fraction of sp³-hybridized carbons (Fsp3) is 0.231. The summed E-state index contributed by atoms with van der Waals surface area (Å²) < 4.78 is 16.3. The van der Waals surface area contributed by atoms with Crippen LogP contribution in [0.4, 0.5) is 0 Å². The molecular formula is C26H25Cl2NO6. The standard InChI is InChI=1S/C26H25Cl2NO6/c1-15-20(24(30)31)21(17-9-5-11-19(28)14-17)22(23(29-15)26(33-2)34-3)25(32)35-12-6-8-16-7-4-10-18(27)13-16/h4-11,13-14,21,26,29H,12H2,1-3H3,(H,30,31)/b8-6+. The van der Waals surface area contributed by atoms with E-state index in [2.05, 4.69) is 5.32 Å². The second-order valence-electron chi connectivity index (χ2n) is 7.64. The van der Waals surface area contributed by atoms with Crippen LogP contribution in [0.15, 0.2) is 77.1 Å². The van der Waals surface area contributed by atoms with E-state index >= 15 is 0 Å². The van der Waals surface area contributed by atoms with Crippen LogP contribution in [0.1, 0.15) is 24.0 Å². The van der Waals surface area contributed by atoms with Gasteiger partial charge in [-0.2, -0.15) is 0 Å². The van der Waals surface area contributed by atoms with E-state index in [0.717, 1.165) is 5.56 Å². The molecule has 0 saturated heterocycles. The minimum absolute atomic E-state index is 0.0107. The molecule has 1 aliphatic rings. The second kappa shape index (κ2) is 12.0. The molecule has 35 heavy (non-hydrogen) atoms. The Hall–Kier alpha value is -3.10. The van der Waals surface area contributed by atoms with Crippen molar-refractivity contribution in [2.75, 3.05) is 20.8 Å².